The number of aromatic hydroxyl groups is 1. The zero-order chi connectivity index (χ0) is 16.2. The Labute approximate surface area is 134 Å². The first-order valence-corrected chi connectivity index (χ1v) is 7.56. The first-order valence-electron chi connectivity index (χ1n) is 7.56. The first kappa shape index (κ1) is 15.5. The normalized spacial score (nSPS) is 18.0. The number of hydrogen-bond acceptors (Lipinski definition) is 3. The number of phenolic OH excluding ortho intramolecular Hbond substituents is 1. The lowest BCUT2D eigenvalue weighted by molar-refractivity contribution is -0.138. The maximum absolute atomic E-state index is 13.8. The third kappa shape index (κ3) is 3.51. The van der Waals surface area contributed by atoms with Gasteiger partial charge >= 0.3 is 0 Å². The number of nitrogens with zero attached hydrogens (tertiary/aromatic N) is 1. The van der Waals surface area contributed by atoms with Crippen molar-refractivity contribution in [2.24, 2.45) is 0 Å². The van der Waals surface area contributed by atoms with Gasteiger partial charge in [0.05, 0.1) is 19.6 Å². The zero-order valence-corrected chi connectivity index (χ0v) is 12.6. The summed E-state index contributed by atoms with van der Waals surface area (Å²) in [5.74, 6) is -1.33. The summed E-state index contributed by atoms with van der Waals surface area (Å²) in [6, 6.07) is 14.0. The van der Waals surface area contributed by atoms with Crippen molar-refractivity contribution in [2.75, 3.05) is 19.7 Å². The van der Waals surface area contributed by atoms with Gasteiger partial charge in [-0.15, -0.1) is 0 Å². The van der Waals surface area contributed by atoms with Gasteiger partial charge in [0.2, 0.25) is 5.91 Å². The molecule has 23 heavy (non-hydrogen) atoms. The zero-order valence-electron chi connectivity index (χ0n) is 12.6. The molecule has 120 valence electrons. The largest absolute Gasteiger partial charge is 0.505 e. The van der Waals surface area contributed by atoms with Gasteiger partial charge in [0.1, 0.15) is 6.10 Å². The van der Waals surface area contributed by atoms with Gasteiger partial charge in [-0.1, -0.05) is 42.5 Å². The summed E-state index contributed by atoms with van der Waals surface area (Å²) < 4.78 is 19.6. The van der Waals surface area contributed by atoms with Gasteiger partial charge in [-0.25, -0.2) is 4.39 Å². The van der Waals surface area contributed by atoms with E-state index in [0.29, 0.717) is 19.7 Å². The molecule has 0 aliphatic carbocycles. The summed E-state index contributed by atoms with van der Waals surface area (Å²) in [5.41, 5.74) is 1.23. The van der Waals surface area contributed by atoms with E-state index in [0.717, 1.165) is 5.56 Å². The second kappa shape index (κ2) is 6.79. The average Bonchev–Trinajstić information content (AvgIpc) is 2.60. The predicted octanol–water partition coefficient (Wildman–Crippen LogP) is 2.67. The second-order valence-electron chi connectivity index (χ2n) is 5.54. The molecule has 4 nitrogen and oxygen atoms in total. The Balaban J connectivity index is 1.69. The Morgan fingerprint density at radius 2 is 2.00 bits per heavy atom. The molecular weight excluding hydrogens is 297 g/mol. The Hall–Kier alpha value is -2.40. The van der Waals surface area contributed by atoms with Crippen molar-refractivity contribution in [1.82, 2.24) is 4.90 Å². The summed E-state index contributed by atoms with van der Waals surface area (Å²) in [6.07, 6.45) is -0.232. The van der Waals surface area contributed by atoms with Crippen LogP contribution in [0.2, 0.25) is 0 Å². The lowest BCUT2D eigenvalue weighted by Gasteiger charge is -2.33. The number of hydrogen-bond donors (Lipinski definition) is 1. The Morgan fingerprint density at radius 3 is 2.78 bits per heavy atom. The van der Waals surface area contributed by atoms with Gasteiger partial charge in [-0.2, -0.15) is 0 Å². The minimum absolute atomic E-state index is 0.0677. The van der Waals surface area contributed by atoms with Crippen molar-refractivity contribution in [3.05, 3.63) is 65.5 Å². The van der Waals surface area contributed by atoms with Crippen LogP contribution in [0.1, 0.15) is 17.2 Å². The number of amides is 1. The third-order valence-corrected chi connectivity index (χ3v) is 3.99. The number of morpholine rings is 1. The topological polar surface area (TPSA) is 49.8 Å². The minimum atomic E-state index is -0.728. The number of halogens is 1. The molecule has 0 saturated carbocycles. The highest BCUT2D eigenvalue weighted by atomic mass is 19.1. The van der Waals surface area contributed by atoms with Gasteiger partial charge in [0.25, 0.3) is 0 Å². The van der Waals surface area contributed by atoms with E-state index in [1.54, 1.807) is 4.90 Å². The van der Waals surface area contributed by atoms with Crippen LogP contribution in [0.4, 0.5) is 4.39 Å². The van der Waals surface area contributed by atoms with Crippen molar-refractivity contribution in [2.45, 2.75) is 12.5 Å². The molecule has 2 aromatic carbocycles. The average molecular weight is 315 g/mol. The van der Waals surface area contributed by atoms with Gasteiger partial charge in [0.15, 0.2) is 11.6 Å². The van der Waals surface area contributed by atoms with Crippen LogP contribution in [0.3, 0.4) is 0 Å². The molecular formula is C18H18FNO3. The van der Waals surface area contributed by atoms with E-state index < -0.39 is 11.6 Å². The molecule has 1 heterocycles. The van der Waals surface area contributed by atoms with Crippen LogP contribution in [-0.2, 0) is 16.0 Å². The number of benzene rings is 2. The molecule has 1 amide bonds. The molecule has 0 aromatic heterocycles. The van der Waals surface area contributed by atoms with Gasteiger partial charge in [-0.3, -0.25) is 4.79 Å². The standard InChI is InChI=1S/C18H18FNO3/c19-18-14(7-4-8-15(18)21)11-17(22)20-9-10-23-16(12-20)13-5-2-1-3-6-13/h1-8,16,21H,9-12H2/t16-/m0/s1. The minimum Gasteiger partial charge on any atom is -0.505 e. The van der Waals surface area contributed by atoms with Crippen molar-refractivity contribution >= 4 is 5.91 Å². The van der Waals surface area contributed by atoms with E-state index >= 15 is 0 Å². The fourth-order valence-electron chi connectivity index (χ4n) is 2.72. The molecule has 1 aliphatic heterocycles. The highest BCUT2D eigenvalue weighted by molar-refractivity contribution is 5.79. The smallest absolute Gasteiger partial charge is 0.227 e. The lowest BCUT2D eigenvalue weighted by Crippen LogP contribution is -2.43. The Bertz CT molecular complexity index is 690. The van der Waals surface area contributed by atoms with Gasteiger partial charge in [-0.05, 0) is 11.6 Å². The number of carbonyl (C=O) groups is 1. The van der Waals surface area contributed by atoms with Crippen LogP contribution in [-0.4, -0.2) is 35.6 Å². The molecule has 3 rings (SSSR count). The molecule has 2 aromatic rings. The number of rotatable bonds is 3. The van der Waals surface area contributed by atoms with E-state index in [4.69, 9.17) is 4.74 Å². The molecule has 0 bridgehead atoms. The molecule has 1 fully saturated rings. The van der Waals surface area contributed by atoms with E-state index in [9.17, 15) is 14.3 Å². The fraction of sp³-hybridized carbons (Fsp3) is 0.278. The predicted molar refractivity (Wildman–Crippen MR) is 83.5 cm³/mol. The van der Waals surface area contributed by atoms with E-state index in [-0.39, 0.29) is 24.0 Å². The SMILES string of the molecule is O=C(Cc1cccc(O)c1F)N1CCO[C@H](c2ccccc2)C1. The number of carbonyl (C=O) groups excluding carboxylic acids is 1. The third-order valence-electron chi connectivity index (χ3n) is 3.99. The van der Waals surface area contributed by atoms with Crippen LogP contribution in [0.5, 0.6) is 5.75 Å². The first-order chi connectivity index (χ1) is 11.1. The number of phenols is 1. The molecule has 0 spiro atoms. The van der Waals surface area contributed by atoms with Gasteiger partial charge < -0.3 is 14.7 Å². The van der Waals surface area contributed by atoms with Crippen molar-refractivity contribution in [1.29, 1.82) is 0 Å². The van der Waals surface area contributed by atoms with E-state index in [1.807, 2.05) is 30.3 Å². The molecule has 0 radical (unpaired) electrons. The molecule has 5 heteroatoms. The molecule has 1 saturated heterocycles. The monoisotopic (exact) mass is 315 g/mol. The fourth-order valence-corrected chi connectivity index (χ4v) is 2.72. The van der Waals surface area contributed by atoms with Crippen LogP contribution in [0, 0.1) is 5.82 Å². The highest BCUT2D eigenvalue weighted by Crippen LogP contribution is 2.24. The summed E-state index contributed by atoms with van der Waals surface area (Å²) >= 11 is 0. The van der Waals surface area contributed by atoms with Crippen LogP contribution in [0.25, 0.3) is 0 Å². The lowest BCUT2D eigenvalue weighted by atomic mass is 10.1. The van der Waals surface area contributed by atoms with E-state index in [1.165, 1.54) is 18.2 Å². The molecule has 1 N–H and O–H groups in total. The van der Waals surface area contributed by atoms with Crippen LogP contribution >= 0.6 is 0 Å². The van der Waals surface area contributed by atoms with Crippen LogP contribution < -0.4 is 0 Å². The highest BCUT2D eigenvalue weighted by Gasteiger charge is 2.26. The Morgan fingerprint density at radius 1 is 1.22 bits per heavy atom. The quantitative estimate of drug-likeness (QED) is 0.947. The second-order valence-corrected chi connectivity index (χ2v) is 5.54. The molecule has 0 unspecified atom stereocenters. The summed E-state index contributed by atoms with van der Waals surface area (Å²) in [7, 11) is 0. The van der Waals surface area contributed by atoms with Crippen molar-refractivity contribution in [3.8, 4) is 5.75 Å². The summed E-state index contributed by atoms with van der Waals surface area (Å²) in [6.45, 7) is 1.39. The molecule has 1 aliphatic rings. The molecule has 1 atom stereocenters. The van der Waals surface area contributed by atoms with Crippen LogP contribution in [0.15, 0.2) is 48.5 Å². The maximum atomic E-state index is 13.8. The summed E-state index contributed by atoms with van der Waals surface area (Å²) in [4.78, 5) is 14.1. The maximum Gasteiger partial charge on any atom is 0.227 e. The van der Waals surface area contributed by atoms with Crippen molar-refractivity contribution < 1.29 is 19.0 Å². The van der Waals surface area contributed by atoms with Gasteiger partial charge in [0, 0.05) is 12.1 Å². The Kier molecular flexibility index (Phi) is 4.57. The number of ether oxygens (including phenoxy) is 1. The van der Waals surface area contributed by atoms with Crippen molar-refractivity contribution in [3.63, 3.8) is 0 Å². The summed E-state index contributed by atoms with van der Waals surface area (Å²) in [5, 5.41) is 9.39. The van der Waals surface area contributed by atoms with E-state index in [2.05, 4.69) is 0 Å².